The molecule has 2 heteroatoms. The van der Waals surface area contributed by atoms with E-state index in [0.717, 1.165) is 17.3 Å². The van der Waals surface area contributed by atoms with Gasteiger partial charge in [-0.05, 0) is 30.5 Å². The normalized spacial score (nSPS) is 11.7. The number of halogens is 1. The van der Waals surface area contributed by atoms with E-state index in [9.17, 15) is 0 Å². The molecular formula is C11H16BrN. The molecule has 0 heterocycles. The summed E-state index contributed by atoms with van der Waals surface area (Å²) in [4.78, 5) is 0. The van der Waals surface area contributed by atoms with E-state index in [0.29, 0.717) is 0 Å². The van der Waals surface area contributed by atoms with E-state index < -0.39 is 0 Å². The lowest BCUT2D eigenvalue weighted by molar-refractivity contribution is 0.412. The van der Waals surface area contributed by atoms with Crippen LogP contribution in [0.2, 0.25) is 0 Å². The fraction of sp³-hybridized carbons (Fsp3) is 0.455. The highest BCUT2D eigenvalue weighted by Crippen LogP contribution is 2.27. The van der Waals surface area contributed by atoms with Gasteiger partial charge in [-0.2, -0.15) is 0 Å². The number of rotatable bonds is 3. The Balaban J connectivity index is 3.05. The quantitative estimate of drug-likeness (QED) is 0.863. The zero-order valence-corrected chi connectivity index (χ0v) is 9.76. The summed E-state index contributed by atoms with van der Waals surface area (Å²) in [6, 6.07) is 8.26. The summed E-state index contributed by atoms with van der Waals surface area (Å²) >= 11 is 3.46. The minimum atomic E-state index is -0.163. The van der Waals surface area contributed by atoms with Crippen molar-refractivity contribution in [3.63, 3.8) is 0 Å². The maximum absolute atomic E-state index is 6.27. The Morgan fingerprint density at radius 3 is 2.38 bits per heavy atom. The SMILES string of the molecule is CCC(N)(CC)c1cccc(Br)c1. The van der Waals surface area contributed by atoms with Gasteiger partial charge in [0.05, 0.1) is 0 Å². The first-order chi connectivity index (χ1) is 6.12. The van der Waals surface area contributed by atoms with E-state index >= 15 is 0 Å². The second-order valence-corrected chi connectivity index (χ2v) is 4.29. The van der Waals surface area contributed by atoms with Crippen molar-refractivity contribution in [2.45, 2.75) is 32.2 Å². The van der Waals surface area contributed by atoms with E-state index in [1.54, 1.807) is 0 Å². The van der Waals surface area contributed by atoms with Crippen LogP contribution in [-0.2, 0) is 5.54 Å². The van der Waals surface area contributed by atoms with Crippen LogP contribution in [0, 0.1) is 0 Å². The summed E-state index contributed by atoms with van der Waals surface area (Å²) in [5, 5.41) is 0. The maximum atomic E-state index is 6.27. The Kier molecular flexibility index (Phi) is 3.51. The molecule has 1 nitrogen and oxygen atoms in total. The average molecular weight is 242 g/mol. The van der Waals surface area contributed by atoms with Crippen molar-refractivity contribution in [3.8, 4) is 0 Å². The lowest BCUT2D eigenvalue weighted by Crippen LogP contribution is -2.34. The topological polar surface area (TPSA) is 26.0 Å². The molecular weight excluding hydrogens is 226 g/mol. The van der Waals surface area contributed by atoms with Crippen molar-refractivity contribution in [2.24, 2.45) is 5.73 Å². The van der Waals surface area contributed by atoms with Crippen LogP contribution < -0.4 is 5.73 Å². The summed E-state index contributed by atoms with van der Waals surface area (Å²) in [5.41, 5.74) is 7.32. The molecule has 0 saturated carbocycles. The van der Waals surface area contributed by atoms with Gasteiger partial charge in [0, 0.05) is 10.0 Å². The minimum Gasteiger partial charge on any atom is -0.321 e. The molecule has 1 aromatic rings. The molecule has 0 unspecified atom stereocenters. The number of benzene rings is 1. The largest absolute Gasteiger partial charge is 0.321 e. The Bertz CT molecular complexity index is 279. The van der Waals surface area contributed by atoms with Crippen molar-refractivity contribution in [1.29, 1.82) is 0 Å². The molecule has 2 N–H and O–H groups in total. The van der Waals surface area contributed by atoms with Crippen LogP contribution in [0.3, 0.4) is 0 Å². The van der Waals surface area contributed by atoms with Gasteiger partial charge >= 0.3 is 0 Å². The molecule has 0 aliphatic rings. The molecule has 13 heavy (non-hydrogen) atoms. The Labute approximate surface area is 88.5 Å². The molecule has 0 radical (unpaired) electrons. The number of hydrogen-bond acceptors (Lipinski definition) is 1. The average Bonchev–Trinajstić information content (AvgIpc) is 2.17. The molecule has 0 aliphatic heterocycles. The number of nitrogens with two attached hydrogens (primary N) is 1. The van der Waals surface area contributed by atoms with E-state index in [-0.39, 0.29) is 5.54 Å². The monoisotopic (exact) mass is 241 g/mol. The van der Waals surface area contributed by atoms with Crippen molar-refractivity contribution < 1.29 is 0 Å². The zero-order valence-electron chi connectivity index (χ0n) is 8.18. The highest BCUT2D eigenvalue weighted by molar-refractivity contribution is 9.10. The van der Waals surface area contributed by atoms with E-state index in [4.69, 9.17) is 5.73 Å². The van der Waals surface area contributed by atoms with Crippen LogP contribution in [0.5, 0.6) is 0 Å². The zero-order chi connectivity index (χ0) is 9.90. The first-order valence-electron chi connectivity index (χ1n) is 4.67. The molecule has 0 aliphatic carbocycles. The summed E-state index contributed by atoms with van der Waals surface area (Å²) in [5.74, 6) is 0. The Hall–Kier alpha value is -0.340. The van der Waals surface area contributed by atoms with Gasteiger partial charge in [-0.1, -0.05) is 41.9 Å². The van der Waals surface area contributed by atoms with Crippen LogP contribution in [0.4, 0.5) is 0 Å². The predicted molar refractivity (Wildman–Crippen MR) is 60.6 cm³/mol. The lowest BCUT2D eigenvalue weighted by atomic mass is 9.86. The number of hydrogen-bond donors (Lipinski definition) is 1. The molecule has 1 aromatic carbocycles. The standard InChI is InChI=1S/C11H16BrN/c1-3-11(13,4-2)9-6-5-7-10(12)8-9/h5-8H,3-4,13H2,1-2H3. The van der Waals surface area contributed by atoms with Crippen LogP contribution in [0.1, 0.15) is 32.3 Å². The fourth-order valence-electron chi connectivity index (χ4n) is 1.46. The lowest BCUT2D eigenvalue weighted by Gasteiger charge is -2.27. The molecule has 1 rings (SSSR count). The molecule has 0 amide bonds. The first-order valence-corrected chi connectivity index (χ1v) is 5.46. The molecule has 72 valence electrons. The maximum Gasteiger partial charge on any atom is 0.0404 e. The second-order valence-electron chi connectivity index (χ2n) is 3.37. The van der Waals surface area contributed by atoms with Crippen molar-refractivity contribution in [2.75, 3.05) is 0 Å². The summed E-state index contributed by atoms with van der Waals surface area (Å²) < 4.78 is 1.10. The first kappa shape index (κ1) is 10.7. The van der Waals surface area contributed by atoms with E-state index in [2.05, 4.69) is 41.9 Å². The summed E-state index contributed by atoms with van der Waals surface area (Å²) in [6.07, 6.45) is 1.94. The van der Waals surface area contributed by atoms with Gasteiger partial charge in [0.2, 0.25) is 0 Å². The molecule has 0 aromatic heterocycles. The van der Waals surface area contributed by atoms with Gasteiger partial charge in [-0.3, -0.25) is 0 Å². The van der Waals surface area contributed by atoms with Crippen molar-refractivity contribution >= 4 is 15.9 Å². The molecule has 0 spiro atoms. The molecule has 0 atom stereocenters. The minimum absolute atomic E-state index is 0.163. The van der Waals surface area contributed by atoms with Crippen LogP contribution >= 0.6 is 15.9 Å². The predicted octanol–water partition coefficient (Wildman–Crippen LogP) is 3.42. The van der Waals surface area contributed by atoms with Gasteiger partial charge in [0.1, 0.15) is 0 Å². The van der Waals surface area contributed by atoms with Gasteiger partial charge in [0.25, 0.3) is 0 Å². The van der Waals surface area contributed by atoms with Gasteiger partial charge < -0.3 is 5.73 Å². The van der Waals surface area contributed by atoms with Gasteiger partial charge in [-0.15, -0.1) is 0 Å². The van der Waals surface area contributed by atoms with Gasteiger partial charge in [-0.25, -0.2) is 0 Å². The second kappa shape index (κ2) is 4.25. The highest BCUT2D eigenvalue weighted by Gasteiger charge is 2.22. The van der Waals surface area contributed by atoms with E-state index in [1.165, 1.54) is 5.56 Å². The Morgan fingerprint density at radius 2 is 1.92 bits per heavy atom. The smallest absolute Gasteiger partial charge is 0.0404 e. The summed E-state index contributed by atoms with van der Waals surface area (Å²) in [7, 11) is 0. The highest BCUT2D eigenvalue weighted by atomic mass is 79.9. The van der Waals surface area contributed by atoms with E-state index in [1.807, 2.05) is 12.1 Å². The van der Waals surface area contributed by atoms with Crippen LogP contribution in [0.25, 0.3) is 0 Å². The van der Waals surface area contributed by atoms with Gasteiger partial charge in [0.15, 0.2) is 0 Å². The van der Waals surface area contributed by atoms with Crippen LogP contribution in [0.15, 0.2) is 28.7 Å². The van der Waals surface area contributed by atoms with Crippen LogP contribution in [-0.4, -0.2) is 0 Å². The molecule has 0 saturated heterocycles. The third-order valence-electron chi connectivity index (χ3n) is 2.66. The van der Waals surface area contributed by atoms with Crippen molar-refractivity contribution in [3.05, 3.63) is 34.3 Å². The summed E-state index contributed by atoms with van der Waals surface area (Å²) in [6.45, 7) is 4.26. The fourth-order valence-corrected chi connectivity index (χ4v) is 1.86. The third kappa shape index (κ3) is 2.32. The molecule has 0 bridgehead atoms. The van der Waals surface area contributed by atoms with Crippen molar-refractivity contribution in [1.82, 2.24) is 0 Å². The third-order valence-corrected chi connectivity index (χ3v) is 3.15. The Morgan fingerprint density at radius 1 is 1.31 bits per heavy atom. The molecule has 0 fully saturated rings.